The van der Waals surface area contributed by atoms with Crippen molar-refractivity contribution in [1.29, 1.82) is 0 Å². The number of piperazine rings is 1. The summed E-state index contributed by atoms with van der Waals surface area (Å²) in [6.07, 6.45) is 0. The summed E-state index contributed by atoms with van der Waals surface area (Å²) in [5, 5.41) is 6.90. The zero-order valence-electron chi connectivity index (χ0n) is 14.3. The van der Waals surface area contributed by atoms with Crippen LogP contribution in [0.5, 0.6) is 0 Å². The van der Waals surface area contributed by atoms with Crippen molar-refractivity contribution in [2.45, 2.75) is 26.3 Å². The quantitative estimate of drug-likeness (QED) is 0.854. The Labute approximate surface area is 146 Å². The van der Waals surface area contributed by atoms with Crippen molar-refractivity contribution in [3.05, 3.63) is 22.4 Å². The molecule has 1 aromatic rings. The lowest BCUT2D eigenvalue weighted by Gasteiger charge is -2.34. The highest BCUT2D eigenvalue weighted by molar-refractivity contribution is 7.12. The summed E-state index contributed by atoms with van der Waals surface area (Å²) in [7, 11) is 0. The maximum absolute atomic E-state index is 12.3. The van der Waals surface area contributed by atoms with Crippen LogP contribution >= 0.6 is 11.3 Å². The van der Waals surface area contributed by atoms with E-state index in [9.17, 15) is 14.4 Å². The second-order valence-electron chi connectivity index (χ2n) is 6.80. The van der Waals surface area contributed by atoms with Crippen LogP contribution in [0.2, 0.25) is 0 Å². The molecule has 1 saturated heterocycles. The van der Waals surface area contributed by atoms with Gasteiger partial charge in [0.1, 0.15) is 0 Å². The van der Waals surface area contributed by atoms with E-state index in [1.54, 1.807) is 4.90 Å². The van der Waals surface area contributed by atoms with Gasteiger partial charge in [-0.05, 0) is 32.2 Å². The lowest BCUT2D eigenvalue weighted by atomic mass is 10.1. The lowest BCUT2D eigenvalue weighted by Crippen LogP contribution is -2.53. The van der Waals surface area contributed by atoms with Crippen molar-refractivity contribution in [3.63, 3.8) is 0 Å². The average Bonchev–Trinajstić information content (AvgIpc) is 2.99. The van der Waals surface area contributed by atoms with E-state index in [-0.39, 0.29) is 18.4 Å². The van der Waals surface area contributed by atoms with Crippen LogP contribution in [-0.2, 0) is 4.79 Å². The Kier molecular flexibility index (Phi) is 5.95. The fourth-order valence-corrected chi connectivity index (χ4v) is 3.10. The second kappa shape index (κ2) is 7.76. The molecule has 8 heteroatoms. The number of nitrogens with one attached hydrogen (secondary N) is 2. The van der Waals surface area contributed by atoms with Crippen LogP contribution in [0.4, 0.5) is 4.79 Å². The normalized spacial score (nSPS) is 15.9. The lowest BCUT2D eigenvalue weighted by molar-refractivity contribution is -0.121. The van der Waals surface area contributed by atoms with E-state index in [1.807, 2.05) is 43.2 Å². The number of imide groups is 1. The first-order valence-electron chi connectivity index (χ1n) is 7.92. The molecule has 132 valence electrons. The molecule has 0 bridgehead atoms. The first-order valence-corrected chi connectivity index (χ1v) is 8.80. The highest BCUT2D eigenvalue weighted by Crippen LogP contribution is 2.13. The van der Waals surface area contributed by atoms with Gasteiger partial charge < -0.3 is 10.2 Å². The number of hydrogen-bond donors (Lipinski definition) is 2. The minimum absolute atomic E-state index is 0.0404. The van der Waals surface area contributed by atoms with E-state index in [1.165, 1.54) is 11.3 Å². The van der Waals surface area contributed by atoms with Gasteiger partial charge in [-0.25, -0.2) is 4.79 Å². The molecule has 2 N–H and O–H groups in total. The maximum Gasteiger partial charge on any atom is 0.321 e. The predicted octanol–water partition coefficient (Wildman–Crippen LogP) is 1.13. The molecule has 0 saturated carbocycles. The molecule has 1 aromatic heterocycles. The summed E-state index contributed by atoms with van der Waals surface area (Å²) in [5.74, 6) is -0.298. The summed E-state index contributed by atoms with van der Waals surface area (Å²) in [4.78, 5) is 40.3. The molecule has 0 unspecified atom stereocenters. The van der Waals surface area contributed by atoms with Crippen LogP contribution < -0.4 is 10.6 Å². The zero-order valence-corrected chi connectivity index (χ0v) is 15.1. The number of nitrogens with zero attached hydrogens (tertiary/aromatic N) is 2. The van der Waals surface area contributed by atoms with Crippen molar-refractivity contribution in [2.24, 2.45) is 0 Å². The highest BCUT2D eigenvalue weighted by atomic mass is 32.1. The molecule has 2 rings (SSSR count). The Morgan fingerprint density at radius 1 is 1.17 bits per heavy atom. The number of thiophene rings is 1. The largest absolute Gasteiger partial charge is 0.335 e. The SMILES string of the molecule is CC(C)(C)NC(=O)NC(=O)CN1CCN(C(=O)c2cccs2)CC1. The van der Waals surface area contributed by atoms with E-state index in [0.717, 1.165) is 4.88 Å². The van der Waals surface area contributed by atoms with E-state index in [0.29, 0.717) is 26.2 Å². The highest BCUT2D eigenvalue weighted by Gasteiger charge is 2.24. The van der Waals surface area contributed by atoms with E-state index >= 15 is 0 Å². The van der Waals surface area contributed by atoms with Gasteiger partial charge in [-0.2, -0.15) is 0 Å². The third-order valence-electron chi connectivity index (χ3n) is 3.50. The van der Waals surface area contributed by atoms with Crippen LogP contribution in [-0.4, -0.2) is 65.9 Å². The predicted molar refractivity (Wildman–Crippen MR) is 93.1 cm³/mol. The number of amides is 4. The number of rotatable bonds is 3. The van der Waals surface area contributed by atoms with Gasteiger partial charge in [0, 0.05) is 31.7 Å². The molecule has 1 aliphatic rings. The van der Waals surface area contributed by atoms with Crippen molar-refractivity contribution < 1.29 is 14.4 Å². The molecule has 1 fully saturated rings. The van der Waals surface area contributed by atoms with Gasteiger partial charge in [-0.15, -0.1) is 11.3 Å². The molecule has 7 nitrogen and oxygen atoms in total. The van der Waals surface area contributed by atoms with Gasteiger partial charge in [-0.3, -0.25) is 19.8 Å². The van der Waals surface area contributed by atoms with Crippen molar-refractivity contribution in [3.8, 4) is 0 Å². The Balaban J connectivity index is 1.74. The number of carbonyl (C=O) groups is 3. The molecular weight excluding hydrogens is 328 g/mol. The van der Waals surface area contributed by atoms with E-state index in [4.69, 9.17) is 0 Å². The zero-order chi connectivity index (χ0) is 17.7. The van der Waals surface area contributed by atoms with Crippen LogP contribution in [0.15, 0.2) is 17.5 Å². The first-order chi connectivity index (χ1) is 11.2. The molecule has 4 amide bonds. The van der Waals surface area contributed by atoms with Gasteiger partial charge in [0.15, 0.2) is 0 Å². The van der Waals surface area contributed by atoms with Crippen LogP contribution in [0.25, 0.3) is 0 Å². The minimum Gasteiger partial charge on any atom is -0.335 e. The molecule has 0 atom stereocenters. The van der Waals surface area contributed by atoms with Crippen LogP contribution in [0.1, 0.15) is 30.4 Å². The van der Waals surface area contributed by atoms with Crippen molar-refractivity contribution in [2.75, 3.05) is 32.7 Å². The minimum atomic E-state index is -0.487. The van der Waals surface area contributed by atoms with Gasteiger partial charge >= 0.3 is 6.03 Å². The monoisotopic (exact) mass is 352 g/mol. The topological polar surface area (TPSA) is 81.8 Å². The third kappa shape index (κ3) is 5.61. The van der Waals surface area contributed by atoms with Crippen molar-refractivity contribution in [1.82, 2.24) is 20.4 Å². The number of hydrogen-bond acceptors (Lipinski definition) is 5. The van der Waals surface area contributed by atoms with Crippen molar-refractivity contribution >= 4 is 29.2 Å². The average molecular weight is 352 g/mol. The molecule has 24 heavy (non-hydrogen) atoms. The molecule has 2 heterocycles. The summed E-state index contributed by atoms with van der Waals surface area (Å²) in [6.45, 7) is 8.09. The molecular formula is C16H24N4O3S. The van der Waals surface area contributed by atoms with Gasteiger partial charge in [0.05, 0.1) is 11.4 Å². The molecule has 0 spiro atoms. The molecule has 1 aliphatic heterocycles. The molecule has 0 radical (unpaired) electrons. The fourth-order valence-electron chi connectivity index (χ4n) is 2.41. The second-order valence-corrected chi connectivity index (χ2v) is 7.75. The van der Waals surface area contributed by atoms with E-state index < -0.39 is 11.6 Å². The Morgan fingerprint density at radius 2 is 1.83 bits per heavy atom. The maximum atomic E-state index is 12.3. The van der Waals surface area contributed by atoms with Crippen LogP contribution in [0.3, 0.4) is 0 Å². The third-order valence-corrected chi connectivity index (χ3v) is 4.36. The van der Waals surface area contributed by atoms with E-state index in [2.05, 4.69) is 10.6 Å². The number of carbonyl (C=O) groups excluding carboxylic acids is 3. The summed E-state index contributed by atoms with van der Waals surface area (Å²) in [5.41, 5.74) is -0.391. The molecule has 0 aromatic carbocycles. The van der Waals surface area contributed by atoms with Gasteiger partial charge in [0.25, 0.3) is 5.91 Å². The van der Waals surface area contributed by atoms with Crippen LogP contribution in [0, 0.1) is 0 Å². The Hall–Kier alpha value is -1.93. The van der Waals surface area contributed by atoms with Gasteiger partial charge in [0.2, 0.25) is 5.91 Å². The summed E-state index contributed by atoms with van der Waals surface area (Å²) in [6, 6.07) is 3.20. The smallest absolute Gasteiger partial charge is 0.321 e. The Bertz CT molecular complexity index is 587. The number of urea groups is 1. The standard InChI is InChI=1S/C16H24N4O3S/c1-16(2,3)18-15(23)17-13(21)11-19-6-8-20(9-7-19)14(22)12-5-4-10-24-12/h4-5,10H,6-9,11H2,1-3H3,(H2,17,18,21,23). The first kappa shape index (κ1) is 18.4. The van der Waals surface area contributed by atoms with Gasteiger partial charge in [-0.1, -0.05) is 6.07 Å². The fraction of sp³-hybridized carbons (Fsp3) is 0.562. The summed E-state index contributed by atoms with van der Waals surface area (Å²) >= 11 is 1.43. The Morgan fingerprint density at radius 3 is 2.38 bits per heavy atom. The summed E-state index contributed by atoms with van der Waals surface area (Å²) < 4.78 is 0. The molecule has 0 aliphatic carbocycles.